The fourth-order valence-corrected chi connectivity index (χ4v) is 3.05. The summed E-state index contributed by atoms with van der Waals surface area (Å²) in [6, 6.07) is 12.1. The summed E-state index contributed by atoms with van der Waals surface area (Å²) in [4.78, 5) is 11.9. The van der Waals surface area contributed by atoms with E-state index in [9.17, 15) is 13.2 Å². The Morgan fingerprint density at radius 3 is 2.35 bits per heavy atom. The molecule has 0 saturated heterocycles. The molecule has 0 atom stereocenters. The lowest BCUT2D eigenvalue weighted by Gasteiger charge is -2.09. The van der Waals surface area contributed by atoms with E-state index >= 15 is 0 Å². The Bertz CT molecular complexity index is 917. The molecule has 26 heavy (non-hydrogen) atoms. The number of methoxy groups -OCH3 is 1. The highest BCUT2D eigenvalue weighted by molar-refractivity contribution is 7.89. The van der Waals surface area contributed by atoms with Crippen molar-refractivity contribution in [2.24, 2.45) is 5.14 Å². The molecule has 2 rings (SSSR count). The van der Waals surface area contributed by atoms with Gasteiger partial charge in [0, 0.05) is 11.8 Å². The third-order valence-electron chi connectivity index (χ3n) is 3.77. The van der Waals surface area contributed by atoms with Crippen molar-refractivity contribution < 1.29 is 17.9 Å². The van der Waals surface area contributed by atoms with Crippen molar-refractivity contribution in [3.8, 4) is 5.75 Å². The molecule has 0 fully saturated rings. The molecule has 0 aliphatic heterocycles. The molecule has 0 unspecified atom stereocenters. The summed E-state index contributed by atoms with van der Waals surface area (Å²) in [5.41, 5.74) is 2.42. The Hall–Kier alpha value is -2.64. The van der Waals surface area contributed by atoms with E-state index in [1.807, 2.05) is 24.3 Å². The molecule has 138 valence electrons. The summed E-state index contributed by atoms with van der Waals surface area (Å²) < 4.78 is 28.2. The van der Waals surface area contributed by atoms with Gasteiger partial charge in [0.05, 0.1) is 7.11 Å². The number of benzene rings is 2. The van der Waals surface area contributed by atoms with E-state index in [1.165, 1.54) is 36.9 Å². The molecule has 0 spiro atoms. The molecule has 0 radical (unpaired) electrons. The molecule has 0 heterocycles. The monoisotopic (exact) mass is 374 g/mol. The van der Waals surface area contributed by atoms with Gasteiger partial charge in [0.1, 0.15) is 10.6 Å². The molecule has 0 bridgehead atoms. The van der Waals surface area contributed by atoms with Gasteiger partial charge >= 0.3 is 0 Å². The minimum absolute atomic E-state index is 0.117. The van der Waals surface area contributed by atoms with E-state index in [-0.39, 0.29) is 16.6 Å². The first-order valence-corrected chi connectivity index (χ1v) is 9.55. The maximum atomic E-state index is 12.1. The minimum atomic E-state index is -3.96. The average Bonchev–Trinajstić information content (AvgIpc) is 2.59. The maximum absolute atomic E-state index is 12.1. The van der Waals surface area contributed by atoms with E-state index in [0.717, 1.165) is 5.56 Å². The summed E-state index contributed by atoms with van der Waals surface area (Å²) in [7, 11) is -2.62. The van der Waals surface area contributed by atoms with Crippen LogP contribution in [0.1, 0.15) is 30.9 Å². The number of ether oxygens (including phenoxy) is 1. The van der Waals surface area contributed by atoms with Gasteiger partial charge in [0.15, 0.2) is 0 Å². The highest BCUT2D eigenvalue weighted by Gasteiger charge is 2.16. The fourth-order valence-electron chi connectivity index (χ4n) is 2.32. The summed E-state index contributed by atoms with van der Waals surface area (Å²) in [5, 5.41) is 7.77. The predicted molar refractivity (Wildman–Crippen MR) is 103 cm³/mol. The second-order valence-corrected chi connectivity index (χ2v) is 7.58. The lowest BCUT2D eigenvalue weighted by molar-refractivity contribution is -0.111. The number of rotatable bonds is 6. The number of anilines is 1. The lowest BCUT2D eigenvalue weighted by atomic mass is 10.0. The SMILES string of the molecule is COc1ccc(NC(=O)C=Cc2ccc(C(C)C)cc2)cc1S(N)(=O)=O. The van der Waals surface area contributed by atoms with Gasteiger partial charge in [-0.05, 0) is 41.3 Å². The topological polar surface area (TPSA) is 98.5 Å². The van der Waals surface area contributed by atoms with Gasteiger partial charge in [-0.3, -0.25) is 4.79 Å². The molecule has 6 nitrogen and oxygen atoms in total. The predicted octanol–water partition coefficient (Wildman–Crippen LogP) is 3.12. The van der Waals surface area contributed by atoms with Crippen molar-refractivity contribution in [1.82, 2.24) is 0 Å². The van der Waals surface area contributed by atoms with Crippen LogP contribution in [0.4, 0.5) is 5.69 Å². The first-order chi connectivity index (χ1) is 12.2. The Morgan fingerprint density at radius 1 is 1.15 bits per heavy atom. The van der Waals surface area contributed by atoms with Gasteiger partial charge < -0.3 is 10.1 Å². The molecule has 7 heteroatoms. The van der Waals surface area contributed by atoms with Crippen LogP contribution in [0.5, 0.6) is 5.75 Å². The van der Waals surface area contributed by atoms with E-state index in [0.29, 0.717) is 11.6 Å². The molecule has 0 aromatic heterocycles. The number of nitrogens with two attached hydrogens (primary N) is 1. The van der Waals surface area contributed by atoms with Crippen LogP contribution in [-0.2, 0) is 14.8 Å². The van der Waals surface area contributed by atoms with Crippen LogP contribution in [0.25, 0.3) is 6.08 Å². The van der Waals surface area contributed by atoms with Crippen molar-refractivity contribution in [1.29, 1.82) is 0 Å². The van der Waals surface area contributed by atoms with Crippen molar-refractivity contribution in [2.45, 2.75) is 24.7 Å². The zero-order valence-corrected chi connectivity index (χ0v) is 15.7. The van der Waals surface area contributed by atoms with Gasteiger partial charge in [0.2, 0.25) is 15.9 Å². The van der Waals surface area contributed by atoms with Crippen molar-refractivity contribution >= 4 is 27.7 Å². The largest absolute Gasteiger partial charge is 0.495 e. The van der Waals surface area contributed by atoms with Crippen molar-refractivity contribution in [3.63, 3.8) is 0 Å². The molecule has 1 amide bonds. The normalized spacial score (nSPS) is 11.7. The van der Waals surface area contributed by atoms with E-state index in [2.05, 4.69) is 19.2 Å². The number of hydrogen-bond acceptors (Lipinski definition) is 4. The lowest BCUT2D eigenvalue weighted by Crippen LogP contribution is -2.15. The van der Waals surface area contributed by atoms with Crippen LogP contribution >= 0.6 is 0 Å². The van der Waals surface area contributed by atoms with Gasteiger partial charge in [-0.1, -0.05) is 38.1 Å². The van der Waals surface area contributed by atoms with Gasteiger partial charge in [-0.2, -0.15) is 0 Å². The summed E-state index contributed by atoms with van der Waals surface area (Å²) in [5.74, 6) is 0.175. The second kappa shape index (κ2) is 8.16. The Balaban J connectivity index is 2.12. The molecular formula is C19H22N2O4S. The van der Waals surface area contributed by atoms with Crippen LogP contribution in [0.3, 0.4) is 0 Å². The molecule has 2 aromatic carbocycles. The number of nitrogens with one attached hydrogen (secondary N) is 1. The standard InChI is InChI=1S/C19H22N2O4S/c1-13(2)15-7-4-14(5-8-15)6-11-19(22)21-16-9-10-17(25-3)18(12-16)26(20,23)24/h4-13H,1-3H3,(H,21,22)(H2,20,23,24). The molecule has 3 N–H and O–H groups in total. The maximum Gasteiger partial charge on any atom is 0.248 e. The zero-order chi connectivity index (χ0) is 19.3. The molecule has 0 aliphatic rings. The number of carbonyl (C=O) groups excluding carboxylic acids is 1. The number of carbonyl (C=O) groups is 1. The highest BCUT2D eigenvalue weighted by Crippen LogP contribution is 2.26. The van der Waals surface area contributed by atoms with Crippen LogP contribution in [0, 0.1) is 0 Å². The fraction of sp³-hybridized carbons (Fsp3) is 0.211. The third-order valence-corrected chi connectivity index (χ3v) is 4.70. The minimum Gasteiger partial charge on any atom is -0.495 e. The van der Waals surface area contributed by atoms with Gasteiger partial charge in [-0.25, -0.2) is 13.6 Å². The Labute approximate surface area is 153 Å². The average molecular weight is 374 g/mol. The number of primary sulfonamides is 1. The van der Waals surface area contributed by atoms with Crippen molar-refractivity contribution in [3.05, 3.63) is 59.7 Å². The highest BCUT2D eigenvalue weighted by atomic mass is 32.2. The summed E-state index contributed by atoms with van der Waals surface area (Å²) >= 11 is 0. The molecule has 2 aromatic rings. The zero-order valence-electron chi connectivity index (χ0n) is 14.9. The van der Waals surface area contributed by atoms with Crippen molar-refractivity contribution in [2.75, 3.05) is 12.4 Å². The molecular weight excluding hydrogens is 352 g/mol. The third kappa shape index (κ3) is 5.18. The number of hydrogen-bond donors (Lipinski definition) is 2. The van der Waals surface area contributed by atoms with E-state index < -0.39 is 10.0 Å². The second-order valence-electron chi connectivity index (χ2n) is 6.05. The molecule has 0 aliphatic carbocycles. The van der Waals surface area contributed by atoms with Crippen LogP contribution in [0.2, 0.25) is 0 Å². The quantitative estimate of drug-likeness (QED) is 0.759. The first-order valence-electron chi connectivity index (χ1n) is 8.00. The Kier molecular flexibility index (Phi) is 6.18. The van der Waals surface area contributed by atoms with E-state index in [1.54, 1.807) is 6.08 Å². The van der Waals surface area contributed by atoms with E-state index in [4.69, 9.17) is 9.88 Å². The van der Waals surface area contributed by atoms with Crippen LogP contribution in [0.15, 0.2) is 53.4 Å². The number of sulfonamides is 1. The summed E-state index contributed by atoms with van der Waals surface area (Å²) in [6.45, 7) is 4.23. The van der Waals surface area contributed by atoms with Crippen LogP contribution < -0.4 is 15.2 Å². The first kappa shape index (κ1) is 19.7. The molecule has 0 saturated carbocycles. The smallest absolute Gasteiger partial charge is 0.248 e. The Morgan fingerprint density at radius 2 is 1.81 bits per heavy atom. The van der Waals surface area contributed by atoms with Gasteiger partial charge in [-0.15, -0.1) is 0 Å². The summed E-state index contributed by atoms with van der Waals surface area (Å²) in [6.07, 6.45) is 3.06. The van der Waals surface area contributed by atoms with Gasteiger partial charge in [0.25, 0.3) is 0 Å². The number of amides is 1. The van der Waals surface area contributed by atoms with Crippen LogP contribution in [-0.4, -0.2) is 21.4 Å².